The Morgan fingerprint density at radius 3 is 2.50 bits per heavy atom. The molecule has 1 heterocycles. The van der Waals surface area contributed by atoms with Gasteiger partial charge in [-0.25, -0.2) is 9.97 Å². The molecule has 6 heteroatoms. The molecular formula is C14H20Cl2N2OSi. The normalized spacial score (nSPS) is 11.9. The molecule has 110 valence electrons. The molecular weight excluding hydrogens is 311 g/mol. The summed E-state index contributed by atoms with van der Waals surface area (Å²) in [6, 6.07) is 0. The lowest BCUT2D eigenvalue weighted by Gasteiger charge is -2.35. The van der Waals surface area contributed by atoms with Crippen molar-refractivity contribution in [2.45, 2.75) is 45.3 Å². The van der Waals surface area contributed by atoms with Crippen LogP contribution in [-0.4, -0.2) is 24.9 Å². The van der Waals surface area contributed by atoms with Crippen molar-refractivity contribution in [2.75, 3.05) is 6.61 Å². The van der Waals surface area contributed by atoms with Gasteiger partial charge in [0, 0.05) is 19.2 Å². The minimum Gasteiger partial charge on any atom is -0.416 e. The third kappa shape index (κ3) is 5.06. The van der Waals surface area contributed by atoms with Crippen LogP contribution in [0.15, 0.2) is 6.20 Å². The first-order valence-corrected chi connectivity index (χ1v) is 10.1. The van der Waals surface area contributed by atoms with Crippen molar-refractivity contribution in [3.05, 3.63) is 22.2 Å². The maximum absolute atomic E-state index is 6.03. The van der Waals surface area contributed by atoms with E-state index in [9.17, 15) is 0 Å². The van der Waals surface area contributed by atoms with Crippen LogP contribution in [0.3, 0.4) is 0 Å². The molecule has 0 aliphatic heterocycles. The average molecular weight is 331 g/mol. The van der Waals surface area contributed by atoms with E-state index in [1.54, 1.807) is 0 Å². The van der Waals surface area contributed by atoms with Crippen LogP contribution in [0.4, 0.5) is 0 Å². The van der Waals surface area contributed by atoms with Gasteiger partial charge in [-0.15, -0.1) is 0 Å². The van der Waals surface area contributed by atoms with Gasteiger partial charge in [0.15, 0.2) is 8.32 Å². The van der Waals surface area contributed by atoms with Crippen molar-refractivity contribution in [1.29, 1.82) is 0 Å². The maximum atomic E-state index is 6.03. The minimum atomic E-state index is -1.69. The third-order valence-corrected chi connectivity index (χ3v) is 8.44. The second-order valence-corrected chi connectivity index (χ2v) is 11.5. The van der Waals surface area contributed by atoms with Crippen molar-refractivity contribution in [1.82, 2.24) is 9.97 Å². The van der Waals surface area contributed by atoms with Crippen LogP contribution in [0.25, 0.3) is 0 Å². The van der Waals surface area contributed by atoms with Gasteiger partial charge in [0.1, 0.15) is 5.15 Å². The van der Waals surface area contributed by atoms with Gasteiger partial charge in [0.05, 0.1) is 5.56 Å². The number of hydrogen-bond donors (Lipinski definition) is 0. The van der Waals surface area contributed by atoms with Crippen molar-refractivity contribution in [2.24, 2.45) is 0 Å². The Balaban J connectivity index is 2.52. The maximum Gasteiger partial charge on any atom is 0.223 e. The molecule has 1 aromatic rings. The van der Waals surface area contributed by atoms with E-state index in [4.69, 9.17) is 27.6 Å². The van der Waals surface area contributed by atoms with Crippen LogP contribution in [0.5, 0.6) is 0 Å². The second-order valence-electron chi connectivity index (χ2n) is 6.00. The second kappa shape index (κ2) is 6.90. The summed E-state index contributed by atoms with van der Waals surface area (Å²) >= 11 is 11.5. The van der Waals surface area contributed by atoms with Gasteiger partial charge in [0.2, 0.25) is 5.28 Å². The molecule has 0 spiro atoms. The lowest BCUT2D eigenvalue weighted by atomic mass is 10.2. The van der Waals surface area contributed by atoms with Gasteiger partial charge in [-0.2, -0.15) is 0 Å². The fourth-order valence-electron chi connectivity index (χ4n) is 1.16. The zero-order chi connectivity index (χ0) is 15.4. The lowest BCUT2D eigenvalue weighted by Crippen LogP contribution is -2.40. The van der Waals surface area contributed by atoms with Gasteiger partial charge in [-0.05, 0) is 29.7 Å². The van der Waals surface area contributed by atoms with Gasteiger partial charge >= 0.3 is 0 Å². The highest BCUT2D eigenvalue weighted by Gasteiger charge is 2.36. The largest absolute Gasteiger partial charge is 0.416 e. The van der Waals surface area contributed by atoms with E-state index >= 15 is 0 Å². The summed E-state index contributed by atoms with van der Waals surface area (Å²) in [7, 11) is -1.69. The van der Waals surface area contributed by atoms with E-state index in [1.807, 2.05) is 0 Å². The highest BCUT2D eigenvalue weighted by molar-refractivity contribution is 6.74. The molecule has 0 radical (unpaired) electrons. The fraction of sp³-hybridized carbons (Fsp3) is 0.571. The van der Waals surface area contributed by atoms with E-state index < -0.39 is 8.32 Å². The smallest absolute Gasteiger partial charge is 0.223 e. The Morgan fingerprint density at radius 2 is 1.95 bits per heavy atom. The Labute approximate surface area is 132 Å². The molecule has 0 bridgehead atoms. The predicted octanol–water partition coefficient (Wildman–Crippen LogP) is 4.55. The van der Waals surface area contributed by atoms with Crippen LogP contribution in [-0.2, 0) is 4.43 Å². The zero-order valence-corrected chi connectivity index (χ0v) is 15.1. The predicted molar refractivity (Wildman–Crippen MR) is 86.7 cm³/mol. The lowest BCUT2D eigenvalue weighted by molar-refractivity contribution is 0.296. The molecule has 0 aliphatic carbocycles. The topological polar surface area (TPSA) is 35.0 Å². The summed E-state index contributed by atoms with van der Waals surface area (Å²) in [6.45, 7) is 11.7. The molecule has 3 nitrogen and oxygen atoms in total. The van der Waals surface area contributed by atoms with Gasteiger partial charge < -0.3 is 4.43 Å². The highest BCUT2D eigenvalue weighted by Crippen LogP contribution is 2.36. The van der Waals surface area contributed by atoms with Gasteiger partial charge in [-0.1, -0.05) is 44.2 Å². The summed E-state index contributed by atoms with van der Waals surface area (Å²) in [5.74, 6) is 5.96. The minimum absolute atomic E-state index is 0.127. The van der Waals surface area contributed by atoms with Crippen LogP contribution >= 0.6 is 23.2 Å². The molecule has 0 amide bonds. The molecule has 20 heavy (non-hydrogen) atoms. The Hall–Kier alpha value is -0.603. The molecule has 0 atom stereocenters. The number of rotatable bonds is 3. The van der Waals surface area contributed by atoms with E-state index in [1.165, 1.54) is 6.20 Å². The van der Waals surface area contributed by atoms with E-state index in [0.717, 1.165) is 0 Å². The Bertz CT molecular complexity index is 530. The van der Waals surface area contributed by atoms with E-state index in [2.05, 4.69) is 55.7 Å². The van der Waals surface area contributed by atoms with E-state index in [0.29, 0.717) is 18.6 Å². The number of hydrogen-bond acceptors (Lipinski definition) is 3. The third-order valence-electron chi connectivity index (χ3n) is 3.43. The van der Waals surface area contributed by atoms with Crippen LogP contribution < -0.4 is 0 Å². The molecule has 0 fully saturated rings. The van der Waals surface area contributed by atoms with Crippen molar-refractivity contribution in [3.63, 3.8) is 0 Å². The standard InChI is InChI=1S/C14H20Cl2N2OSi/c1-14(2,3)20(4,5)19-9-7-6-8-11-10-17-13(16)18-12(11)15/h10H,7,9H2,1-5H3. The highest BCUT2D eigenvalue weighted by atomic mass is 35.5. The number of aromatic nitrogens is 2. The molecule has 0 unspecified atom stereocenters. The average Bonchev–Trinajstić information content (AvgIpc) is 2.29. The van der Waals surface area contributed by atoms with Crippen molar-refractivity contribution in [3.8, 4) is 11.8 Å². The van der Waals surface area contributed by atoms with Crippen LogP contribution in [0.2, 0.25) is 28.6 Å². The van der Waals surface area contributed by atoms with E-state index in [-0.39, 0.29) is 15.5 Å². The van der Waals surface area contributed by atoms with Crippen molar-refractivity contribution < 1.29 is 4.43 Å². The van der Waals surface area contributed by atoms with Crippen molar-refractivity contribution >= 4 is 31.5 Å². The monoisotopic (exact) mass is 330 g/mol. The quantitative estimate of drug-likeness (QED) is 0.268. The summed E-state index contributed by atoms with van der Waals surface area (Å²) in [5.41, 5.74) is 0.586. The first-order chi connectivity index (χ1) is 9.13. The van der Waals surface area contributed by atoms with Gasteiger partial charge in [0.25, 0.3) is 0 Å². The molecule has 0 saturated heterocycles. The Kier molecular flexibility index (Phi) is 6.02. The molecule has 1 aromatic heterocycles. The molecule has 0 aliphatic rings. The van der Waals surface area contributed by atoms with Crippen LogP contribution in [0, 0.1) is 11.8 Å². The fourth-order valence-corrected chi connectivity index (χ4v) is 2.55. The SMILES string of the molecule is CC(C)(C)[Si](C)(C)OCCC#Cc1cnc(Cl)nc1Cl. The number of nitrogens with zero attached hydrogens (tertiary/aromatic N) is 2. The summed E-state index contributed by atoms with van der Waals surface area (Å²) in [6.07, 6.45) is 2.19. The first-order valence-electron chi connectivity index (χ1n) is 6.44. The van der Waals surface area contributed by atoms with Gasteiger partial charge in [-0.3, -0.25) is 0 Å². The molecule has 0 aromatic carbocycles. The molecule has 0 N–H and O–H groups in total. The number of halogens is 2. The Morgan fingerprint density at radius 1 is 1.30 bits per heavy atom. The summed E-state index contributed by atoms with van der Waals surface area (Å²) < 4.78 is 6.03. The van der Waals surface area contributed by atoms with Crippen LogP contribution in [0.1, 0.15) is 32.8 Å². The molecule has 0 saturated carbocycles. The zero-order valence-electron chi connectivity index (χ0n) is 12.6. The summed E-state index contributed by atoms with van der Waals surface area (Å²) in [5, 5.41) is 0.623. The first kappa shape index (κ1) is 17.4. The summed E-state index contributed by atoms with van der Waals surface area (Å²) in [4.78, 5) is 7.69. The molecule has 1 rings (SSSR count).